The molecule has 3 saturated heterocycles. The van der Waals surface area contributed by atoms with Crippen molar-refractivity contribution in [3.63, 3.8) is 0 Å². The molecule has 2 unspecified atom stereocenters. The maximum Gasteiger partial charge on any atom is 0.251 e. The average Bonchev–Trinajstić information content (AvgIpc) is 3.66. The molecule has 0 saturated carbocycles. The summed E-state index contributed by atoms with van der Waals surface area (Å²) >= 11 is 1.71. The lowest BCUT2D eigenvalue weighted by molar-refractivity contribution is -0.144. The molecule has 1 N–H and O–H groups in total. The fraction of sp³-hybridized carbons (Fsp3) is 0.472. The van der Waals surface area contributed by atoms with Gasteiger partial charge in [0.25, 0.3) is 5.91 Å². The monoisotopic (exact) mass is 615 g/mol. The molecular formula is C36H45N3O4S. The highest BCUT2D eigenvalue weighted by Gasteiger charge is 2.74. The molecular weight excluding hydrogens is 570 g/mol. The molecule has 8 heteroatoms. The summed E-state index contributed by atoms with van der Waals surface area (Å²) < 4.78 is -0.668. The van der Waals surface area contributed by atoms with Gasteiger partial charge in [0, 0.05) is 43.7 Å². The third-order valence-corrected chi connectivity index (χ3v) is 11.5. The number of amides is 3. The number of aliphatic hydroxyl groups excluding tert-OH is 1. The third-order valence-electron chi connectivity index (χ3n) is 9.54. The number of para-hydroxylation sites is 1. The summed E-state index contributed by atoms with van der Waals surface area (Å²) in [7, 11) is 0. The van der Waals surface area contributed by atoms with E-state index in [-0.39, 0.29) is 29.6 Å². The Kier molecular flexibility index (Phi) is 10.0. The van der Waals surface area contributed by atoms with E-state index >= 15 is 0 Å². The highest BCUT2D eigenvalue weighted by atomic mass is 32.2. The molecule has 0 aromatic heterocycles. The topological polar surface area (TPSA) is 81.2 Å². The van der Waals surface area contributed by atoms with Crippen molar-refractivity contribution >= 4 is 35.2 Å². The SMILES string of the molecule is C=CCN(Cc1ccccc1)C(=O)[C@@H]1[C@@H]2CCC3(S2)C(C(=O)N(CC=C)c2c(C)cccc2C)N(CCCCCO)C(=O)[C@H]13. The zero-order valence-corrected chi connectivity index (χ0v) is 26.8. The van der Waals surface area contributed by atoms with Gasteiger partial charge in [-0.25, -0.2) is 0 Å². The molecule has 2 aromatic rings. The molecule has 234 valence electrons. The van der Waals surface area contributed by atoms with Crippen LogP contribution in [0.5, 0.6) is 0 Å². The second-order valence-corrected chi connectivity index (χ2v) is 13.9. The number of carbonyl (C=O) groups is 3. The van der Waals surface area contributed by atoms with Crippen LogP contribution in [-0.2, 0) is 20.9 Å². The van der Waals surface area contributed by atoms with Crippen molar-refractivity contribution in [2.45, 2.75) is 68.5 Å². The summed E-state index contributed by atoms with van der Waals surface area (Å²) in [6.45, 7) is 13.6. The van der Waals surface area contributed by atoms with Crippen LogP contribution in [-0.4, -0.2) is 74.9 Å². The van der Waals surface area contributed by atoms with E-state index < -0.39 is 22.6 Å². The second-order valence-electron chi connectivity index (χ2n) is 12.3. The second kappa shape index (κ2) is 13.7. The van der Waals surface area contributed by atoms with Gasteiger partial charge in [0.05, 0.1) is 16.6 Å². The van der Waals surface area contributed by atoms with Crippen molar-refractivity contribution < 1.29 is 19.5 Å². The van der Waals surface area contributed by atoms with Gasteiger partial charge in [0.15, 0.2) is 0 Å². The van der Waals surface area contributed by atoms with Crippen LogP contribution in [0, 0.1) is 25.7 Å². The number of unbranched alkanes of at least 4 members (excludes halogenated alkanes) is 2. The van der Waals surface area contributed by atoms with E-state index in [1.165, 1.54) is 0 Å². The fourth-order valence-corrected chi connectivity index (χ4v) is 9.93. The van der Waals surface area contributed by atoms with Crippen molar-refractivity contribution in [2.24, 2.45) is 11.8 Å². The van der Waals surface area contributed by atoms with Gasteiger partial charge in [0.1, 0.15) is 6.04 Å². The van der Waals surface area contributed by atoms with Crippen molar-refractivity contribution in [1.82, 2.24) is 9.80 Å². The van der Waals surface area contributed by atoms with Crippen LogP contribution in [0.25, 0.3) is 0 Å². The summed E-state index contributed by atoms with van der Waals surface area (Å²) in [6, 6.07) is 15.2. The molecule has 3 heterocycles. The van der Waals surface area contributed by atoms with Crippen molar-refractivity contribution in [3.8, 4) is 0 Å². The fourth-order valence-electron chi connectivity index (χ4n) is 7.73. The number of rotatable bonds is 14. The number of aliphatic hydroxyl groups is 1. The average molecular weight is 616 g/mol. The Labute approximate surface area is 266 Å². The first kappa shape index (κ1) is 32.0. The molecule has 3 amide bonds. The first-order valence-corrected chi connectivity index (χ1v) is 16.7. The summed E-state index contributed by atoms with van der Waals surface area (Å²) in [5.74, 6) is -1.27. The van der Waals surface area contributed by atoms with Gasteiger partial charge in [-0.15, -0.1) is 24.9 Å². The van der Waals surface area contributed by atoms with E-state index in [2.05, 4.69) is 13.2 Å². The normalized spacial score (nSPS) is 25.2. The Morgan fingerprint density at radius 1 is 1.00 bits per heavy atom. The number of benzene rings is 2. The van der Waals surface area contributed by atoms with Crippen LogP contribution < -0.4 is 4.90 Å². The van der Waals surface area contributed by atoms with E-state index in [1.54, 1.807) is 33.7 Å². The standard InChI is InChI=1S/C36H45N3O4S/c1-5-20-37(24-27-16-9-7-10-17-27)33(41)29-28-18-19-36(44-28)30(29)34(42)39(22-11-8-12-23-40)32(36)35(43)38(21-6-2)31-25(3)14-13-15-26(31)4/h5-7,9-10,13-17,28-30,32,40H,1-2,8,11-12,18-24H2,3-4H3/t28-,29+,30-,32?,36?/m0/s1. The molecule has 3 aliphatic heterocycles. The first-order chi connectivity index (χ1) is 21.3. The highest BCUT2D eigenvalue weighted by Crippen LogP contribution is 2.66. The minimum atomic E-state index is -0.678. The number of likely N-dealkylation sites (tertiary alicyclic amines) is 1. The van der Waals surface area contributed by atoms with Crippen LogP contribution in [0.2, 0.25) is 0 Å². The quantitative estimate of drug-likeness (QED) is 0.231. The number of hydrogen-bond donors (Lipinski definition) is 1. The van der Waals surface area contributed by atoms with Gasteiger partial charge in [-0.2, -0.15) is 0 Å². The van der Waals surface area contributed by atoms with Crippen LogP contribution in [0.4, 0.5) is 5.69 Å². The van der Waals surface area contributed by atoms with Gasteiger partial charge in [-0.1, -0.05) is 60.7 Å². The Morgan fingerprint density at radius 3 is 2.36 bits per heavy atom. The molecule has 5 rings (SSSR count). The number of thioether (sulfide) groups is 1. The molecule has 1 spiro atoms. The van der Waals surface area contributed by atoms with Crippen molar-refractivity contribution in [2.75, 3.05) is 31.1 Å². The van der Waals surface area contributed by atoms with Crippen LogP contribution in [0.3, 0.4) is 0 Å². The number of nitrogens with zero attached hydrogens (tertiary/aromatic N) is 3. The third kappa shape index (κ3) is 5.74. The van der Waals surface area contributed by atoms with E-state index in [0.717, 1.165) is 41.6 Å². The van der Waals surface area contributed by atoms with Crippen LogP contribution in [0.15, 0.2) is 73.8 Å². The maximum absolute atomic E-state index is 14.9. The summed E-state index contributed by atoms with van der Waals surface area (Å²) in [5, 5.41) is 9.36. The number of anilines is 1. The minimum Gasteiger partial charge on any atom is -0.396 e. The molecule has 0 radical (unpaired) electrons. The molecule has 2 bridgehead atoms. The lowest BCUT2D eigenvalue weighted by Gasteiger charge is -2.38. The van der Waals surface area contributed by atoms with Crippen LogP contribution in [0.1, 0.15) is 48.8 Å². The lowest BCUT2D eigenvalue weighted by atomic mass is 9.70. The Bertz CT molecular complexity index is 1380. The van der Waals surface area contributed by atoms with Gasteiger partial charge < -0.3 is 19.8 Å². The number of aryl methyl sites for hydroxylation is 2. The largest absolute Gasteiger partial charge is 0.396 e. The van der Waals surface area contributed by atoms with E-state index in [9.17, 15) is 19.5 Å². The molecule has 5 atom stereocenters. The summed E-state index contributed by atoms with van der Waals surface area (Å²) in [4.78, 5) is 49.2. The Morgan fingerprint density at radius 2 is 1.70 bits per heavy atom. The molecule has 7 nitrogen and oxygen atoms in total. The van der Waals surface area contributed by atoms with E-state index in [0.29, 0.717) is 39.0 Å². The Hall–Kier alpha value is -3.36. The Balaban J connectivity index is 1.53. The van der Waals surface area contributed by atoms with E-state index in [1.807, 2.05) is 67.3 Å². The number of hydrogen-bond acceptors (Lipinski definition) is 5. The van der Waals surface area contributed by atoms with Gasteiger partial charge in [-0.05, 0) is 62.6 Å². The molecule has 3 aliphatic rings. The summed E-state index contributed by atoms with van der Waals surface area (Å²) in [5.41, 5.74) is 3.87. The van der Waals surface area contributed by atoms with Crippen LogP contribution >= 0.6 is 11.8 Å². The molecule has 3 fully saturated rings. The highest BCUT2D eigenvalue weighted by molar-refractivity contribution is 8.02. The zero-order valence-electron chi connectivity index (χ0n) is 26.0. The predicted octanol–water partition coefficient (Wildman–Crippen LogP) is 5.29. The van der Waals surface area contributed by atoms with Gasteiger partial charge >= 0.3 is 0 Å². The number of fused-ring (bicyclic) bond motifs is 1. The first-order valence-electron chi connectivity index (χ1n) is 15.8. The van der Waals surface area contributed by atoms with Crippen molar-refractivity contribution in [1.29, 1.82) is 0 Å². The van der Waals surface area contributed by atoms with Gasteiger partial charge in [-0.3, -0.25) is 14.4 Å². The lowest BCUT2D eigenvalue weighted by Crippen LogP contribution is -2.55. The zero-order chi connectivity index (χ0) is 31.4. The van der Waals surface area contributed by atoms with Gasteiger partial charge in [0.2, 0.25) is 11.8 Å². The molecule has 2 aromatic carbocycles. The maximum atomic E-state index is 14.9. The smallest absolute Gasteiger partial charge is 0.251 e. The van der Waals surface area contributed by atoms with E-state index in [4.69, 9.17) is 0 Å². The minimum absolute atomic E-state index is 0.0144. The molecule has 0 aliphatic carbocycles. The number of carbonyl (C=O) groups excluding carboxylic acids is 3. The predicted molar refractivity (Wildman–Crippen MR) is 177 cm³/mol. The molecule has 44 heavy (non-hydrogen) atoms. The summed E-state index contributed by atoms with van der Waals surface area (Å²) in [6.07, 6.45) is 7.09. The van der Waals surface area contributed by atoms with Crippen molar-refractivity contribution in [3.05, 3.63) is 90.5 Å².